The number of aryl methyl sites for hydroxylation is 1. The summed E-state index contributed by atoms with van der Waals surface area (Å²) in [6, 6.07) is 15.8. The highest BCUT2D eigenvalue weighted by Crippen LogP contribution is 2.34. The van der Waals surface area contributed by atoms with Gasteiger partial charge in [0.2, 0.25) is 0 Å². The third-order valence-electron chi connectivity index (χ3n) is 6.99. The van der Waals surface area contributed by atoms with Crippen LogP contribution in [0.2, 0.25) is 0 Å². The standard InChI is InChI=1S/C32H33F3N4O4S/c1-2-3-4-5-17-39-27-16-15-25(44-18-7-8-21-11-13-22(14-12-21)30(41)42)20-26(27)28(29(39)40)37-38-31(43)36-24-10-6-9-23(19-24)32(33,34)35/h6,9-16,19-20H,2-5,7-8,17-18H2,1H3,(H,41,42)(H2,36,38,43)/b37-28+. The highest BCUT2D eigenvalue weighted by molar-refractivity contribution is 7.99. The molecule has 3 amide bonds. The zero-order chi connectivity index (χ0) is 31.7. The Morgan fingerprint density at radius 3 is 2.45 bits per heavy atom. The number of anilines is 2. The normalized spacial score (nSPS) is 13.7. The van der Waals surface area contributed by atoms with Gasteiger partial charge in [-0.2, -0.15) is 18.3 Å². The van der Waals surface area contributed by atoms with Crippen LogP contribution in [-0.2, 0) is 17.4 Å². The molecule has 0 aromatic heterocycles. The van der Waals surface area contributed by atoms with Crippen LogP contribution < -0.4 is 15.6 Å². The van der Waals surface area contributed by atoms with Crippen LogP contribution in [0, 0.1) is 0 Å². The second-order valence-corrected chi connectivity index (χ2v) is 11.4. The molecule has 4 rings (SSSR count). The number of thioether (sulfide) groups is 1. The first-order valence-corrected chi connectivity index (χ1v) is 15.3. The van der Waals surface area contributed by atoms with Crippen LogP contribution in [0.4, 0.5) is 29.3 Å². The number of aromatic carboxylic acids is 1. The Labute approximate surface area is 257 Å². The Morgan fingerprint density at radius 2 is 1.75 bits per heavy atom. The Bertz CT molecular complexity index is 1530. The number of carbonyl (C=O) groups excluding carboxylic acids is 2. The summed E-state index contributed by atoms with van der Waals surface area (Å²) < 4.78 is 39.1. The lowest BCUT2D eigenvalue weighted by Gasteiger charge is -2.17. The number of benzene rings is 3. The number of alkyl halides is 3. The maximum atomic E-state index is 13.4. The zero-order valence-corrected chi connectivity index (χ0v) is 24.9. The fraction of sp³-hybridized carbons (Fsp3) is 0.312. The van der Waals surface area contributed by atoms with Gasteiger partial charge >= 0.3 is 18.2 Å². The quantitative estimate of drug-likeness (QED) is 0.103. The Hall–Kier alpha value is -4.32. The average molecular weight is 627 g/mol. The summed E-state index contributed by atoms with van der Waals surface area (Å²) in [6.45, 7) is 2.60. The average Bonchev–Trinajstić information content (AvgIpc) is 3.25. The second-order valence-electron chi connectivity index (χ2n) is 10.3. The molecule has 0 unspecified atom stereocenters. The number of fused-ring (bicyclic) bond motifs is 1. The third kappa shape index (κ3) is 8.62. The number of carboxylic acid groups (broad SMARTS) is 1. The van der Waals surface area contributed by atoms with E-state index in [1.807, 2.05) is 30.3 Å². The lowest BCUT2D eigenvalue weighted by molar-refractivity contribution is -0.137. The molecule has 12 heteroatoms. The van der Waals surface area contributed by atoms with Gasteiger partial charge in [-0.15, -0.1) is 11.8 Å². The number of amides is 3. The van der Waals surface area contributed by atoms with Crippen molar-refractivity contribution in [2.75, 3.05) is 22.5 Å². The number of carboxylic acids is 1. The van der Waals surface area contributed by atoms with Crippen LogP contribution in [0.5, 0.6) is 0 Å². The largest absolute Gasteiger partial charge is 0.478 e. The number of halogens is 3. The Balaban J connectivity index is 1.44. The molecule has 0 saturated heterocycles. The predicted molar refractivity (Wildman–Crippen MR) is 166 cm³/mol. The van der Waals surface area contributed by atoms with Crippen molar-refractivity contribution >= 4 is 46.8 Å². The van der Waals surface area contributed by atoms with E-state index < -0.39 is 23.7 Å². The van der Waals surface area contributed by atoms with Crippen LogP contribution >= 0.6 is 11.8 Å². The Kier molecular flexibility index (Phi) is 11.0. The van der Waals surface area contributed by atoms with E-state index in [0.717, 1.165) is 66.9 Å². The predicted octanol–water partition coefficient (Wildman–Crippen LogP) is 7.58. The van der Waals surface area contributed by atoms with Crippen molar-refractivity contribution in [1.82, 2.24) is 5.43 Å². The van der Waals surface area contributed by atoms with Gasteiger partial charge in [-0.25, -0.2) is 15.0 Å². The lowest BCUT2D eigenvalue weighted by atomic mass is 10.1. The minimum Gasteiger partial charge on any atom is -0.478 e. The maximum Gasteiger partial charge on any atom is 0.416 e. The molecule has 0 spiro atoms. The highest BCUT2D eigenvalue weighted by atomic mass is 32.2. The molecule has 3 N–H and O–H groups in total. The molecule has 0 fully saturated rings. The summed E-state index contributed by atoms with van der Waals surface area (Å²) in [5.41, 5.74) is 3.89. The van der Waals surface area contributed by atoms with E-state index in [0.29, 0.717) is 17.8 Å². The molecule has 232 valence electrons. The number of nitrogens with one attached hydrogen (secondary N) is 2. The van der Waals surface area contributed by atoms with Gasteiger partial charge in [0.05, 0.1) is 16.8 Å². The second kappa shape index (κ2) is 14.9. The van der Waals surface area contributed by atoms with Gasteiger partial charge in [-0.05, 0) is 79.1 Å². The van der Waals surface area contributed by atoms with Crippen molar-refractivity contribution in [3.63, 3.8) is 0 Å². The van der Waals surface area contributed by atoms with Crippen molar-refractivity contribution in [2.24, 2.45) is 5.10 Å². The molecule has 0 radical (unpaired) electrons. The summed E-state index contributed by atoms with van der Waals surface area (Å²) in [5.74, 6) is -0.544. The lowest BCUT2D eigenvalue weighted by Crippen LogP contribution is -2.33. The van der Waals surface area contributed by atoms with Gasteiger partial charge in [-0.3, -0.25) is 4.79 Å². The molecule has 0 aliphatic carbocycles. The molecule has 1 aliphatic rings. The molecular formula is C32H33F3N4O4S. The van der Waals surface area contributed by atoms with Gasteiger partial charge in [0.15, 0.2) is 5.71 Å². The summed E-state index contributed by atoms with van der Waals surface area (Å²) in [6.07, 6.45) is 0.932. The van der Waals surface area contributed by atoms with E-state index in [9.17, 15) is 27.6 Å². The van der Waals surface area contributed by atoms with Gasteiger partial charge in [0, 0.05) is 22.7 Å². The van der Waals surface area contributed by atoms with Crippen molar-refractivity contribution in [3.05, 3.63) is 89.0 Å². The SMILES string of the molecule is CCCCCCN1C(=O)/C(=N/NC(=O)Nc2cccc(C(F)(F)F)c2)c2cc(SCCCc3ccc(C(=O)O)cc3)ccc21. The van der Waals surface area contributed by atoms with E-state index in [-0.39, 0.29) is 22.9 Å². The summed E-state index contributed by atoms with van der Waals surface area (Å²) >= 11 is 1.60. The summed E-state index contributed by atoms with van der Waals surface area (Å²) in [4.78, 5) is 39.5. The number of unbranched alkanes of at least 4 members (excludes halogenated alkanes) is 3. The van der Waals surface area contributed by atoms with Crippen LogP contribution in [0.15, 0.2) is 76.7 Å². The number of rotatable bonds is 13. The van der Waals surface area contributed by atoms with E-state index >= 15 is 0 Å². The number of hydrogen-bond acceptors (Lipinski definition) is 5. The monoisotopic (exact) mass is 626 g/mol. The number of hydrogen-bond donors (Lipinski definition) is 3. The first-order chi connectivity index (χ1) is 21.1. The fourth-order valence-corrected chi connectivity index (χ4v) is 5.62. The first-order valence-electron chi connectivity index (χ1n) is 14.3. The van der Waals surface area contributed by atoms with E-state index in [1.54, 1.807) is 28.8 Å². The minimum absolute atomic E-state index is 0.0515. The third-order valence-corrected chi connectivity index (χ3v) is 8.07. The molecule has 3 aromatic rings. The van der Waals surface area contributed by atoms with E-state index in [1.165, 1.54) is 12.1 Å². The van der Waals surface area contributed by atoms with Crippen LogP contribution in [0.25, 0.3) is 0 Å². The number of urea groups is 1. The maximum absolute atomic E-state index is 13.4. The molecular weight excluding hydrogens is 593 g/mol. The topological polar surface area (TPSA) is 111 Å². The Morgan fingerprint density at radius 1 is 0.977 bits per heavy atom. The summed E-state index contributed by atoms with van der Waals surface area (Å²) in [5, 5.41) is 15.5. The first kappa shape index (κ1) is 32.6. The van der Waals surface area contributed by atoms with Crippen molar-refractivity contribution in [1.29, 1.82) is 0 Å². The molecule has 0 saturated carbocycles. The molecule has 1 aliphatic heterocycles. The van der Waals surface area contributed by atoms with Gasteiger partial charge in [-0.1, -0.05) is 44.4 Å². The fourth-order valence-electron chi connectivity index (χ4n) is 4.73. The van der Waals surface area contributed by atoms with Crippen LogP contribution in [-0.4, -0.2) is 41.0 Å². The molecule has 8 nitrogen and oxygen atoms in total. The van der Waals surface area contributed by atoms with Gasteiger partial charge in [0.1, 0.15) is 0 Å². The number of nitrogens with zero attached hydrogens (tertiary/aromatic N) is 2. The van der Waals surface area contributed by atoms with E-state index in [2.05, 4.69) is 22.8 Å². The summed E-state index contributed by atoms with van der Waals surface area (Å²) in [7, 11) is 0. The minimum atomic E-state index is -4.56. The van der Waals surface area contributed by atoms with Crippen molar-refractivity contribution < 1.29 is 32.7 Å². The van der Waals surface area contributed by atoms with Gasteiger partial charge < -0.3 is 15.3 Å². The van der Waals surface area contributed by atoms with Crippen LogP contribution in [0.1, 0.15) is 66.1 Å². The van der Waals surface area contributed by atoms with Crippen molar-refractivity contribution in [3.8, 4) is 0 Å². The van der Waals surface area contributed by atoms with Crippen LogP contribution in [0.3, 0.4) is 0 Å². The van der Waals surface area contributed by atoms with E-state index in [4.69, 9.17) is 5.11 Å². The molecule has 3 aromatic carbocycles. The number of hydrazone groups is 1. The molecule has 0 bridgehead atoms. The zero-order valence-electron chi connectivity index (χ0n) is 24.1. The van der Waals surface area contributed by atoms with Crippen molar-refractivity contribution in [2.45, 2.75) is 56.5 Å². The smallest absolute Gasteiger partial charge is 0.416 e. The molecule has 44 heavy (non-hydrogen) atoms. The number of carbonyl (C=O) groups is 3. The molecule has 0 atom stereocenters. The highest BCUT2D eigenvalue weighted by Gasteiger charge is 2.34. The molecule has 1 heterocycles. The van der Waals surface area contributed by atoms with Gasteiger partial charge in [0.25, 0.3) is 5.91 Å².